The minimum absolute atomic E-state index is 0.0368. The number of hydrogen-bond acceptors (Lipinski definition) is 3. The van der Waals surface area contributed by atoms with E-state index in [1.165, 1.54) is 17.4 Å². The van der Waals surface area contributed by atoms with Gasteiger partial charge in [0.05, 0.1) is 17.6 Å². The number of carbonyl (C=O) groups is 1. The second-order valence-corrected chi connectivity index (χ2v) is 4.39. The molecule has 1 aromatic heterocycles. The molecule has 0 fully saturated rings. The number of benzene rings is 1. The molecule has 0 saturated carbocycles. The van der Waals surface area contributed by atoms with Crippen LogP contribution in [0.2, 0.25) is 0 Å². The standard InChI is InChI=1S/C12H10F2N2OS/c13-9-2-1-8(11(14)3-9)5-15-12(17)4-10-6-18-7-16-10/h1-3,6-7H,4-5H2,(H,15,17). The summed E-state index contributed by atoms with van der Waals surface area (Å²) in [6.45, 7) is 0.0368. The molecule has 0 aliphatic carbocycles. The van der Waals surface area contributed by atoms with Crippen LogP contribution < -0.4 is 5.32 Å². The van der Waals surface area contributed by atoms with Crippen LogP contribution in [0.5, 0.6) is 0 Å². The number of hydrogen-bond donors (Lipinski definition) is 1. The van der Waals surface area contributed by atoms with Crippen LogP contribution in [0.25, 0.3) is 0 Å². The lowest BCUT2D eigenvalue weighted by molar-refractivity contribution is -0.120. The van der Waals surface area contributed by atoms with Gasteiger partial charge >= 0.3 is 0 Å². The number of rotatable bonds is 4. The lowest BCUT2D eigenvalue weighted by Gasteiger charge is -2.05. The Morgan fingerprint density at radius 1 is 1.39 bits per heavy atom. The smallest absolute Gasteiger partial charge is 0.226 e. The third kappa shape index (κ3) is 3.33. The molecular formula is C12H10F2N2OS. The molecule has 18 heavy (non-hydrogen) atoms. The van der Waals surface area contributed by atoms with E-state index in [0.717, 1.165) is 12.1 Å². The van der Waals surface area contributed by atoms with Gasteiger partial charge in [0.2, 0.25) is 5.91 Å². The molecule has 1 amide bonds. The van der Waals surface area contributed by atoms with Crippen LogP contribution in [0.3, 0.4) is 0 Å². The summed E-state index contributed by atoms with van der Waals surface area (Å²) in [5.41, 5.74) is 2.57. The molecule has 1 heterocycles. The average molecular weight is 268 g/mol. The van der Waals surface area contributed by atoms with Gasteiger partial charge in [0, 0.05) is 23.6 Å². The molecule has 0 radical (unpaired) electrons. The van der Waals surface area contributed by atoms with Crippen molar-refractivity contribution in [3.8, 4) is 0 Å². The van der Waals surface area contributed by atoms with Crippen LogP contribution in [-0.2, 0) is 17.8 Å². The number of amides is 1. The zero-order valence-corrected chi connectivity index (χ0v) is 10.1. The summed E-state index contributed by atoms with van der Waals surface area (Å²) in [6, 6.07) is 3.26. The Morgan fingerprint density at radius 3 is 2.89 bits per heavy atom. The van der Waals surface area contributed by atoms with E-state index in [2.05, 4.69) is 10.3 Å². The van der Waals surface area contributed by atoms with Gasteiger partial charge in [0.1, 0.15) is 11.6 Å². The van der Waals surface area contributed by atoms with E-state index in [1.54, 1.807) is 10.9 Å². The molecule has 1 N–H and O–H groups in total. The normalized spacial score (nSPS) is 10.3. The lowest BCUT2D eigenvalue weighted by Crippen LogP contribution is -2.25. The van der Waals surface area contributed by atoms with Crippen molar-refractivity contribution in [2.24, 2.45) is 0 Å². The summed E-state index contributed by atoms with van der Waals surface area (Å²) < 4.78 is 25.9. The summed E-state index contributed by atoms with van der Waals surface area (Å²) in [7, 11) is 0. The van der Waals surface area contributed by atoms with Crippen LogP contribution in [0, 0.1) is 11.6 Å². The van der Waals surface area contributed by atoms with Gasteiger partial charge in [-0.05, 0) is 6.07 Å². The molecule has 0 saturated heterocycles. The van der Waals surface area contributed by atoms with Gasteiger partial charge in [-0.2, -0.15) is 0 Å². The van der Waals surface area contributed by atoms with Crippen molar-refractivity contribution in [2.45, 2.75) is 13.0 Å². The van der Waals surface area contributed by atoms with Crippen molar-refractivity contribution in [1.82, 2.24) is 10.3 Å². The zero-order valence-electron chi connectivity index (χ0n) is 9.32. The van der Waals surface area contributed by atoms with E-state index in [-0.39, 0.29) is 24.4 Å². The first-order valence-corrected chi connectivity index (χ1v) is 6.17. The fourth-order valence-electron chi connectivity index (χ4n) is 1.41. The van der Waals surface area contributed by atoms with Gasteiger partial charge in [-0.15, -0.1) is 11.3 Å². The fourth-order valence-corrected chi connectivity index (χ4v) is 1.97. The second-order valence-electron chi connectivity index (χ2n) is 3.67. The van der Waals surface area contributed by atoms with Crippen LogP contribution in [-0.4, -0.2) is 10.9 Å². The minimum Gasteiger partial charge on any atom is -0.352 e. The Bertz CT molecular complexity index is 543. The molecular weight excluding hydrogens is 258 g/mol. The Labute approximate surface area is 106 Å². The minimum atomic E-state index is -0.663. The first-order valence-electron chi connectivity index (χ1n) is 5.23. The third-order valence-corrected chi connectivity index (χ3v) is 2.95. The maximum Gasteiger partial charge on any atom is 0.226 e. The number of nitrogens with zero attached hydrogens (tertiary/aromatic N) is 1. The summed E-state index contributed by atoms with van der Waals surface area (Å²) >= 11 is 1.41. The quantitative estimate of drug-likeness (QED) is 0.924. The number of nitrogens with one attached hydrogen (secondary N) is 1. The Kier molecular flexibility index (Phi) is 3.99. The highest BCUT2D eigenvalue weighted by Crippen LogP contribution is 2.09. The molecule has 94 valence electrons. The Balaban J connectivity index is 1.89. The molecule has 0 atom stereocenters. The van der Waals surface area contributed by atoms with Crippen LogP contribution in [0.15, 0.2) is 29.1 Å². The first-order chi connectivity index (χ1) is 8.65. The molecule has 0 aliphatic rings. The Morgan fingerprint density at radius 2 is 2.22 bits per heavy atom. The zero-order chi connectivity index (χ0) is 13.0. The third-order valence-electron chi connectivity index (χ3n) is 2.32. The molecule has 0 aliphatic heterocycles. The van der Waals surface area contributed by atoms with Crippen molar-refractivity contribution in [3.63, 3.8) is 0 Å². The van der Waals surface area contributed by atoms with Crippen molar-refractivity contribution >= 4 is 17.2 Å². The molecule has 0 spiro atoms. The van der Waals surface area contributed by atoms with Gasteiger partial charge in [-0.25, -0.2) is 13.8 Å². The van der Waals surface area contributed by atoms with E-state index in [0.29, 0.717) is 5.69 Å². The average Bonchev–Trinajstić information content (AvgIpc) is 2.80. The van der Waals surface area contributed by atoms with E-state index >= 15 is 0 Å². The maximum absolute atomic E-state index is 13.3. The molecule has 6 heteroatoms. The van der Waals surface area contributed by atoms with Gasteiger partial charge in [-0.1, -0.05) is 6.07 Å². The maximum atomic E-state index is 13.3. The second kappa shape index (κ2) is 5.68. The van der Waals surface area contributed by atoms with E-state index in [1.807, 2.05) is 0 Å². The number of thiazole rings is 1. The lowest BCUT2D eigenvalue weighted by atomic mass is 10.2. The fraction of sp³-hybridized carbons (Fsp3) is 0.167. The summed E-state index contributed by atoms with van der Waals surface area (Å²) in [5.74, 6) is -1.54. The molecule has 1 aromatic carbocycles. The largest absolute Gasteiger partial charge is 0.352 e. The van der Waals surface area contributed by atoms with Gasteiger partial charge in [0.15, 0.2) is 0 Å². The van der Waals surface area contributed by atoms with Crippen LogP contribution in [0.1, 0.15) is 11.3 Å². The highest BCUT2D eigenvalue weighted by molar-refractivity contribution is 7.07. The highest BCUT2D eigenvalue weighted by atomic mass is 32.1. The van der Waals surface area contributed by atoms with Crippen LogP contribution in [0.4, 0.5) is 8.78 Å². The van der Waals surface area contributed by atoms with Crippen molar-refractivity contribution in [3.05, 3.63) is 52.0 Å². The first kappa shape index (κ1) is 12.6. The predicted octanol–water partition coefficient (Wildman–Crippen LogP) is 2.28. The highest BCUT2D eigenvalue weighted by Gasteiger charge is 2.07. The number of carbonyl (C=O) groups excluding carboxylic acids is 1. The molecule has 0 unspecified atom stereocenters. The van der Waals surface area contributed by atoms with Gasteiger partial charge < -0.3 is 5.32 Å². The van der Waals surface area contributed by atoms with Gasteiger partial charge in [0.25, 0.3) is 0 Å². The predicted molar refractivity (Wildman–Crippen MR) is 64.0 cm³/mol. The molecule has 3 nitrogen and oxygen atoms in total. The van der Waals surface area contributed by atoms with E-state index < -0.39 is 11.6 Å². The molecule has 0 bridgehead atoms. The summed E-state index contributed by atoms with van der Waals surface area (Å²) in [6.07, 6.45) is 0.159. The van der Waals surface area contributed by atoms with E-state index in [9.17, 15) is 13.6 Å². The van der Waals surface area contributed by atoms with Crippen molar-refractivity contribution in [2.75, 3.05) is 0 Å². The van der Waals surface area contributed by atoms with Gasteiger partial charge in [-0.3, -0.25) is 4.79 Å². The Hall–Kier alpha value is -1.82. The topological polar surface area (TPSA) is 42.0 Å². The molecule has 2 rings (SSSR count). The summed E-state index contributed by atoms with van der Waals surface area (Å²) in [5, 5.41) is 4.34. The monoisotopic (exact) mass is 268 g/mol. The van der Waals surface area contributed by atoms with Crippen LogP contribution >= 0.6 is 11.3 Å². The number of aromatic nitrogens is 1. The van der Waals surface area contributed by atoms with Crippen molar-refractivity contribution in [1.29, 1.82) is 0 Å². The number of halogens is 2. The molecule has 2 aromatic rings. The van der Waals surface area contributed by atoms with Crippen molar-refractivity contribution < 1.29 is 13.6 Å². The SMILES string of the molecule is O=C(Cc1cscn1)NCc1ccc(F)cc1F. The van der Waals surface area contributed by atoms with E-state index in [4.69, 9.17) is 0 Å². The summed E-state index contributed by atoms with van der Waals surface area (Å²) in [4.78, 5) is 15.5.